The van der Waals surface area contributed by atoms with E-state index in [1.165, 1.54) is 25.0 Å². The molecule has 5 nitrogen and oxygen atoms in total. The number of hydrogen-bond donors (Lipinski definition) is 0. The molecule has 2 heterocycles. The Hall–Kier alpha value is -3.38. The SMILES string of the molecule is O=C1c2ccc(-c3ccc(F)cc3)cc2OCCN1c1ccc(OCCN2CCCC2)cc1. The average Bonchev–Trinajstić information content (AvgIpc) is 3.30. The fourth-order valence-electron chi connectivity index (χ4n) is 4.40. The maximum atomic E-state index is 13.3. The van der Waals surface area contributed by atoms with Crippen LogP contribution in [0, 0.1) is 5.82 Å². The Balaban J connectivity index is 1.28. The molecular weight excluding hydrogens is 419 g/mol. The van der Waals surface area contributed by atoms with Crippen molar-refractivity contribution in [3.05, 3.63) is 78.1 Å². The van der Waals surface area contributed by atoms with Crippen molar-refractivity contribution in [1.82, 2.24) is 4.90 Å². The van der Waals surface area contributed by atoms with Gasteiger partial charge in [0.25, 0.3) is 5.91 Å². The zero-order valence-corrected chi connectivity index (χ0v) is 18.5. The van der Waals surface area contributed by atoms with E-state index in [0.29, 0.717) is 31.1 Å². The van der Waals surface area contributed by atoms with Crippen LogP contribution in [0.5, 0.6) is 11.5 Å². The van der Waals surface area contributed by atoms with Crippen LogP contribution in [0.1, 0.15) is 23.2 Å². The van der Waals surface area contributed by atoms with E-state index < -0.39 is 0 Å². The van der Waals surface area contributed by atoms with E-state index in [9.17, 15) is 9.18 Å². The Morgan fingerprint density at radius 2 is 1.61 bits per heavy atom. The highest BCUT2D eigenvalue weighted by Gasteiger charge is 2.25. The number of likely N-dealkylation sites (tertiary alicyclic amines) is 1. The summed E-state index contributed by atoms with van der Waals surface area (Å²) in [7, 11) is 0. The number of fused-ring (bicyclic) bond motifs is 1. The molecule has 0 atom stereocenters. The minimum absolute atomic E-state index is 0.101. The molecule has 1 saturated heterocycles. The molecule has 3 aromatic carbocycles. The first-order valence-electron chi connectivity index (χ1n) is 11.5. The van der Waals surface area contributed by atoms with Gasteiger partial charge in [0, 0.05) is 12.2 Å². The smallest absolute Gasteiger partial charge is 0.262 e. The molecule has 0 unspecified atom stereocenters. The molecule has 0 radical (unpaired) electrons. The van der Waals surface area contributed by atoms with Gasteiger partial charge < -0.3 is 14.4 Å². The Labute approximate surface area is 193 Å². The summed E-state index contributed by atoms with van der Waals surface area (Å²) in [5.41, 5.74) is 3.08. The predicted octanol–water partition coefficient (Wildman–Crippen LogP) is 5.01. The van der Waals surface area contributed by atoms with Crippen LogP contribution in [0.15, 0.2) is 66.7 Å². The van der Waals surface area contributed by atoms with Gasteiger partial charge in [-0.15, -0.1) is 0 Å². The zero-order valence-electron chi connectivity index (χ0n) is 18.5. The summed E-state index contributed by atoms with van der Waals surface area (Å²) < 4.78 is 25.1. The Bertz CT molecular complexity index is 1110. The van der Waals surface area contributed by atoms with Crippen molar-refractivity contribution >= 4 is 11.6 Å². The van der Waals surface area contributed by atoms with Crippen LogP contribution in [0.3, 0.4) is 0 Å². The van der Waals surface area contributed by atoms with Crippen LogP contribution in [-0.4, -0.2) is 50.2 Å². The van der Waals surface area contributed by atoms with Gasteiger partial charge in [0.2, 0.25) is 0 Å². The molecule has 0 aliphatic carbocycles. The maximum absolute atomic E-state index is 13.3. The van der Waals surface area contributed by atoms with Crippen molar-refractivity contribution in [2.45, 2.75) is 12.8 Å². The zero-order chi connectivity index (χ0) is 22.6. The monoisotopic (exact) mass is 446 g/mol. The first kappa shape index (κ1) is 21.5. The summed E-state index contributed by atoms with van der Waals surface area (Å²) >= 11 is 0. The van der Waals surface area contributed by atoms with Gasteiger partial charge in [0.05, 0.1) is 12.1 Å². The lowest BCUT2D eigenvalue weighted by Gasteiger charge is -2.20. The molecule has 0 bridgehead atoms. The molecule has 2 aliphatic heterocycles. The molecule has 0 aromatic heterocycles. The maximum Gasteiger partial charge on any atom is 0.262 e. The molecule has 1 amide bonds. The fraction of sp³-hybridized carbons (Fsp3) is 0.296. The molecule has 6 heteroatoms. The summed E-state index contributed by atoms with van der Waals surface area (Å²) in [6, 6.07) is 19.5. The van der Waals surface area contributed by atoms with Crippen LogP contribution < -0.4 is 14.4 Å². The fourth-order valence-corrected chi connectivity index (χ4v) is 4.40. The second-order valence-corrected chi connectivity index (χ2v) is 8.41. The van der Waals surface area contributed by atoms with Crippen LogP contribution in [0.25, 0.3) is 11.1 Å². The van der Waals surface area contributed by atoms with Gasteiger partial charge in [-0.1, -0.05) is 18.2 Å². The Kier molecular flexibility index (Phi) is 6.26. The Morgan fingerprint density at radius 3 is 2.36 bits per heavy atom. The molecule has 170 valence electrons. The van der Waals surface area contributed by atoms with Gasteiger partial charge >= 0.3 is 0 Å². The summed E-state index contributed by atoms with van der Waals surface area (Å²) in [6.07, 6.45) is 2.55. The molecule has 1 fully saturated rings. The largest absolute Gasteiger partial charge is 0.492 e. The normalized spacial score (nSPS) is 16.3. The third kappa shape index (κ3) is 4.86. The lowest BCUT2D eigenvalue weighted by atomic mass is 10.0. The summed E-state index contributed by atoms with van der Waals surface area (Å²) in [5, 5.41) is 0. The van der Waals surface area contributed by atoms with Crippen molar-refractivity contribution in [3.63, 3.8) is 0 Å². The number of rotatable bonds is 6. The summed E-state index contributed by atoms with van der Waals surface area (Å²) in [5.74, 6) is 0.974. The third-order valence-corrected chi connectivity index (χ3v) is 6.23. The molecule has 2 aliphatic rings. The molecule has 0 spiro atoms. The highest BCUT2D eigenvalue weighted by Crippen LogP contribution is 2.32. The lowest BCUT2D eigenvalue weighted by Crippen LogP contribution is -2.32. The van der Waals surface area contributed by atoms with Crippen molar-refractivity contribution in [2.24, 2.45) is 0 Å². The standard InChI is InChI=1S/C27H27FN2O3/c28-22-6-3-20(4-7-22)21-5-12-25-26(19-21)33-18-16-30(27(25)31)23-8-10-24(11-9-23)32-17-15-29-13-1-2-14-29/h3-12,19H,1-2,13-18H2. The van der Waals surface area contributed by atoms with Gasteiger partial charge in [-0.3, -0.25) is 9.69 Å². The van der Waals surface area contributed by atoms with Crippen molar-refractivity contribution < 1.29 is 18.7 Å². The highest BCUT2D eigenvalue weighted by molar-refractivity contribution is 6.08. The third-order valence-electron chi connectivity index (χ3n) is 6.23. The van der Waals surface area contributed by atoms with E-state index >= 15 is 0 Å². The Morgan fingerprint density at radius 1 is 0.879 bits per heavy atom. The highest BCUT2D eigenvalue weighted by atomic mass is 19.1. The van der Waals surface area contributed by atoms with E-state index in [1.807, 2.05) is 36.4 Å². The number of halogens is 1. The number of hydrogen-bond acceptors (Lipinski definition) is 4. The van der Waals surface area contributed by atoms with Crippen LogP contribution in [-0.2, 0) is 0 Å². The number of anilines is 1. The van der Waals surface area contributed by atoms with E-state index in [4.69, 9.17) is 9.47 Å². The van der Waals surface area contributed by atoms with Gasteiger partial charge in [0.15, 0.2) is 0 Å². The van der Waals surface area contributed by atoms with E-state index in [1.54, 1.807) is 23.1 Å². The summed E-state index contributed by atoms with van der Waals surface area (Å²) in [4.78, 5) is 17.4. The van der Waals surface area contributed by atoms with Gasteiger partial charge in [-0.05, 0) is 85.6 Å². The van der Waals surface area contributed by atoms with Gasteiger partial charge in [-0.2, -0.15) is 0 Å². The van der Waals surface area contributed by atoms with Crippen molar-refractivity contribution in [1.29, 1.82) is 0 Å². The molecule has 0 N–H and O–H groups in total. The number of amides is 1. The quantitative estimate of drug-likeness (QED) is 0.534. The van der Waals surface area contributed by atoms with Gasteiger partial charge in [0.1, 0.15) is 30.5 Å². The number of carbonyl (C=O) groups excluding carboxylic acids is 1. The number of ether oxygens (including phenoxy) is 2. The number of benzene rings is 3. The molecule has 5 rings (SSSR count). The van der Waals surface area contributed by atoms with Crippen LogP contribution in [0.2, 0.25) is 0 Å². The van der Waals surface area contributed by atoms with Crippen LogP contribution in [0.4, 0.5) is 10.1 Å². The molecule has 0 saturated carbocycles. The molecular formula is C27H27FN2O3. The second kappa shape index (κ2) is 9.63. The topological polar surface area (TPSA) is 42.0 Å². The minimum atomic E-state index is -0.279. The molecule has 3 aromatic rings. The second-order valence-electron chi connectivity index (χ2n) is 8.41. The first-order valence-corrected chi connectivity index (χ1v) is 11.5. The van der Waals surface area contributed by atoms with E-state index in [2.05, 4.69) is 4.90 Å². The lowest BCUT2D eigenvalue weighted by molar-refractivity contribution is 0.0990. The van der Waals surface area contributed by atoms with E-state index in [-0.39, 0.29) is 11.7 Å². The average molecular weight is 447 g/mol. The van der Waals surface area contributed by atoms with Crippen molar-refractivity contribution in [3.8, 4) is 22.6 Å². The van der Waals surface area contributed by atoms with Crippen LogP contribution >= 0.6 is 0 Å². The minimum Gasteiger partial charge on any atom is -0.492 e. The van der Waals surface area contributed by atoms with E-state index in [0.717, 1.165) is 42.2 Å². The first-order chi connectivity index (χ1) is 16.2. The molecule has 33 heavy (non-hydrogen) atoms. The number of nitrogens with zero attached hydrogens (tertiary/aromatic N) is 2. The van der Waals surface area contributed by atoms with Crippen molar-refractivity contribution in [2.75, 3.05) is 44.3 Å². The number of carbonyl (C=O) groups is 1. The predicted molar refractivity (Wildman–Crippen MR) is 127 cm³/mol. The van der Waals surface area contributed by atoms with Gasteiger partial charge in [-0.25, -0.2) is 4.39 Å². The summed E-state index contributed by atoms with van der Waals surface area (Å²) in [6.45, 7) is 4.77.